The lowest BCUT2D eigenvalue weighted by atomic mass is 9.94. The van der Waals surface area contributed by atoms with Gasteiger partial charge in [0, 0.05) is 5.92 Å². The largest absolute Gasteiger partial charge is 0.353 e. The van der Waals surface area contributed by atoms with Gasteiger partial charge in [-0.2, -0.15) is 0 Å². The molecule has 1 saturated heterocycles. The Bertz CT molecular complexity index is 325. The molecular formula is C7H11BN4S. The molecule has 4 nitrogen and oxygen atoms in total. The number of hydrogen-bond donors (Lipinski definition) is 2. The van der Waals surface area contributed by atoms with E-state index in [2.05, 4.69) is 15.2 Å². The molecule has 2 rings (SSSR count). The lowest BCUT2D eigenvalue weighted by molar-refractivity contribution is 0.328. The van der Waals surface area contributed by atoms with Gasteiger partial charge in [-0.05, 0) is 38.1 Å². The fourth-order valence-electron chi connectivity index (χ4n) is 1.65. The van der Waals surface area contributed by atoms with E-state index < -0.39 is 0 Å². The highest BCUT2D eigenvalue weighted by molar-refractivity contribution is 7.71. The molecular weight excluding hydrogens is 183 g/mol. The van der Waals surface area contributed by atoms with E-state index in [1.54, 1.807) is 0 Å². The SMILES string of the molecule is [B]N1CCC(c2nc(=S)[nH][nH]2)CC1. The lowest BCUT2D eigenvalue weighted by Gasteiger charge is -2.27. The molecule has 1 aromatic heterocycles. The van der Waals surface area contributed by atoms with E-state index in [4.69, 9.17) is 20.2 Å². The first-order chi connectivity index (χ1) is 6.25. The molecule has 0 bridgehead atoms. The molecule has 0 atom stereocenters. The number of H-pyrrole nitrogens is 2. The Morgan fingerprint density at radius 2 is 2.08 bits per heavy atom. The minimum atomic E-state index is 0.479. The van der Waals surface area contributed by atoms with Crippen LogP contribution in [0.4, 0.5) is 0 Å². The van der Waals surface area contributed by atoms with Gasteiger partial charge in [0.2, 0.25) is 4.77 Å². The van der Waals surface area contributed by atoms with Gasteiger partial charge in [0.15, 0.2) is 7.98 Å². The van der Waals surface area contributed by atoms with Crippen LogP contribution in [0.3, 0.4) is 0 Å². The number of nitrogens with one attached hydrogen (secondary N) is 2. The maximum Gasteiger partial charge on any atom is 0.213 e. The lowest BCUT2D eigenvalue weighted by Crippen LogP contribution is -2.30. The Hall–Kier alpha value is -0.615. The summed E-state index contributed by atoms with van der Waals surface area (Å²) in [6.45, 7) is 1.86. The molecule has 1 fully saturated rings. The van der Waals surface area contributed by atoms with Crippen LogP contribution in [0.1, 0.15) is 24.6 Å². The number of nitrogens with zero attached hydrogens (tertiary/aromatic N) is 2. The molecule has 2 radical (unpaired) electrons. The number of aromatic amines is 2. The summed E-state index contributed by atoms with van der Waals surface area (Å²) < 4.78 is 0.533. The zero-order valence-corrected chi connectivity index (χ0v) is 8.10. The average molecular weight is 194 g/mol. The molecule has 68 valence electrons. The van der Waals surface area contributed by atoms with Gasteiger partial charge in [-0.15, -0.1) is 0 Å². The molecule has 0 unspecified atom stereocenters. The summed E-state index contributed by atoms with van der Waals surface area (Å²) in [5.41, 5.74) is 0. The first-order valence-corrected chi connectivity index (χ1v) is 4.81. The quantitative estimate of drug-likeness (QED) is 0.511. The van der Waals surface area contributed by atoms with Gasteiger partial charge in [0.1, 0.15) is 5.82 Å². The predicted molar refractivity (Wildman–Crippen MR) is 53.1 cm³/mol. The highest BCUT2D eigenvalue weighted by atomic mass is 32.1. The third-order valence-corrected chi connectivity index (χ3v) is 2.63. The minimum absolute atomic E-state index is 0.479. The van der Waals surface area contributed by atoms with Gasteiger partial charge < -0.3 is 4.81 Å². The van der Waals surface area contributed by atoms with Crippen molar-refractivity contribution in [3.63, 3.8) is 0 Å². The molecule has 1 aromatic rings. The number of piperidine rings is 1. The Morgan fingerprint density at radius 3 is 2.62 bits per heavy atom. The molecule has 0 aliphatic carbocycles. The van der Waals surface area contributed by atoms with Crippen LogP contribution in [-0.2, 0) is 0 Å². The van der Waals surface area contributed by atoms with Crippen molar-refractivity contribution >= 4 is 20.2 Å². The fourth-order valence-corrected chi connectivity index (χ4v) is 1.80. The zero-order valence-electron chi connectivity index (χ0n) is 7.29. The van der Waals surface area contributed by atoms with Crippen LogP contribution < -0.4 is 0 Å². The topological polar surface area (TPSA) is 47.7 Å². The van der Waals surface area contributed by atoms with Crippen molar-refractivity contribution < 1.29 is 0 Å². The van der Waals surface area contributed by atoms with Gasteiger partial charge in [-0.3, -0.25) is 10.2 Å². The Labute approximate surface area is 83.2 Å². The summed E-state index contributed by atoms with van der Waals surface area (Å²) in [6, 6.07) is 0. The van der Waals surface area contributed by atoms with Gasteiger partial charge in [-0.25, -0.2) is 4.98 Å². The van der Waals surface area contributed by atoms with Gasteiger partial charge >= 0.3 is 0 Å². The molecule has 2 N–H and O–H groups in total. The molecule has 1 aliphatic heterocycles. The van der Waals surface area contributed by atoms with Crippen molar-refractivity contribution in [3.05, 3.63) is 10.6 Å². The molecule has 1 aliphatic rings. The summed E-state index contributed by atoms with van der Waals surface area (Å²) in [4.78, 5) is 6.05. The van der Waals surface area contributed by atoms with Crippen LogP contribution in [0.5, 0.6) is 0 Å². The van der Waals surface area contributed by atoms with E-state index in [0.29, 0.717) is 10.7 Å². The van der Waals surface area contributed by atoms with E-state index in [0.717, 1.165) is 31.8 Å². The van der Waals surface area contributed by atoms with Crippen molar-refractivity contribution in [1.29, 1.82) is 0 Å². The Morgan fingerprint density at radius 1 is 1.38 bits per heavy atom. The molecule has 0 saturated carbocycles. The predicted octanol–water partition coefficient (Wildman–Crippen LogP) is 0.730. The highest BCUT2D eigenvalue weighted by Gasteiger charge is 2.19. The second-order valence-corrected chi connectivity index (χ2v) is 3.75. The van der Waals surface area contributed by atoms with Crippen molar-refractivity contribution in [2.45, 2.75) is 18.8 Å². The summed E-state index contributed by atoms with van der Waals surface area (Å²) in [6.07, 6.45) is 2.10. The van der Waals surface area contributed by atoms with E-state index >= 15 is 0 Å². The van der Waals surface area contributed by atoms with Crippen LogP contribution >= 0.6 is 12.2 Å². The van der Waals surface area contributed by atoms with E-state index in [9.17, 15) is 0 Å². The average Bonchev–Trinajstić information content (AvgIpc) is 2.53. The third kappa shape index (κ3) is 2.00. The van der Waals surface area contributed by atoms with E-state index in [1.807, 2.05) is 4.81 Å². The van der Waals surface area contributed by atoms with Crippen molar-refractivity contribution in [1.82, 2.24) is 20.0 Å². The van der Waals surface area contributed by atoms with Crippen molar-refractivity contribution in [3.8, 4) is 0 Å². The summed E-state index contributed by atoms with van der Waals surface area (Å²) in [7, 11) is 5.65. The van der Waals surface area contributed by atoms with Crippen LogP contribution in [0, 0.1) is 4.77 Å². The normalized spacial score (nSPS) is 20.6. The van der Waals surface area contributed by atoms with E-state index in [1.165, 1.54) is 0 Å². The highest BCUT2D eigenvalue weighted by Crippen LogP contribution is 2.23. The van der Waals surface area contributed by atoms with Crippen LogP contribution in [0.15, 0.2) is 0 Å². The maximum absolute atomic E-state index is 5.65. The third-order valence-electron chi connectivity index (χ3n) is 2.44. The monoisotopic (exact) mass is 194 g/mol. The maximum atomic E-state index is 5.65. The Kier molecular flexibility index (Phi) is 2.50. The minimum Gasteiger partial charge on any atom is -0.353 e. The number of aromatic nitrogens is 3. The Balaban J connectivity index is 2.06. The first-order valence-electron chi connectivity index (χ1n) is 4.40. The molecule has 13 heavy (non-hydrogen) atoms. The molecule has 2 heterocycles. The first kappa shape index (κ1) is 8.96. The van der Waals surface area contributed by atoms with Crippen molar-refractivity contribution in [2.75, 3.05) is 13.1 Å². The number of rotatable bonds is 1. The summed E-state index contributed by atoms with van der Waals surface area (Å²) in [5, 5.41) is 5.80. The standard InChI is InChI=1S/C7H11BN4S/c8-12-3-1-5(2-4-12)6-9-7(13)11-10-6/h5H,1-4H2,(H2,9,10,11,13). The molecule has 0 amide bonds. The smallest absolute Gasteiger partial charge is 0.213 e. The molecule has 0 spiro atoms. The van der Waals surface area contributed by atoms with Crippen LogP contribution in [-0.4, -0.2) is 41.1 Å². The van der Waals surface area contributed by atoms with Gasteiger partial charge in [-0.1, -0.05) is 0 Å². The summed E-state index contributed by atoms with van der Waals surface area (Å²) in [5.74, 6) is 1.45. The fraction of sp³-hybridized carbons (Fsp3) is 0.714. The second kappa shape index (κ2) is 3.63. The van der Waals surface area contributed by atoms with Crippen LogP contribution in [0.2, 0.25) is 0 Å². The zero-order chi connectivity index (χ0) is 9.26. The molecule has 6 heteroatoms. The van der Waals surface area contributed by atoms with Gasteiger partial charge in [0.25, 0.3) is 0 Å². The second-order valence-electron chi connectivity index (χ2n) is 3.36. The van der Waals surface area contributed by atoms with E-state index in [-0.39, 0.29) is 0 Å². The van der Waals surface area contributed by atoms with Crippen LogP contribution in [0.25, 0.3) is 0 Å². The van der Waals surface area contributed by atoms with Crippen molar-refractivity contribution in [2.24, 2.45) is 0 Å². The summed E-state index contributed by atoms with van der Waals surface area (Å²) >= 11 is 4.89. The molecule has 0 aromatic carbocycles. The number of hydrogen-bond acceptors (Lipinski definition) is 3. The van der Waals surface area contributed by atoms with Gasteiger partial charge in [0.05, 0.1) is 0 Å².